The molecule has 0 aliphatic heterocycles. The number of aromatic nitrogens is 4. The number of nitrogens with one attached hydrogen (secondary N) is 1. The number of nitrogens with zero attached hydrogens (tertiary/aromatic N) is 3. The van der Waals surface area contributed by atoms with E-state index in [0.29, 0.717) is 11.5 Å². The molecule has 2 heterocycles. The molecule has 3 N–H and O–H groups in total. The van der Waals surface area contributed by atoms with E-state index in [9.17, 15) is 4.79 Å². The zero-order valence-corrected chi connectivity index (χ0v) is 10.1. The number of aromatic amines is 1. The van der Waals surface area contributed by atoms with Crippen molar-refractivity contribution >= 4 is 5.82 Å². The number of rotatable bonds is 2. The molecule has 2 aromatic heterocycles. The van der Waals surface area contributed by atoms with Gasteiger partial charge in [-0.1, -0.05) is 13.8 Å². The van der Waals surface area contributed by atoms with Gasteiger partial charge in [0.1, 0.15) is 17.2 Å². The van der Waals surface area contributed by atoms with E-state index in [-0.39, 0.29) is 11.5 Å². The lowest BCUT2D eigenvalue weighted by atomic mass is 10.0. The third-order valence-electron chi connectivity index (χ3n) is 2.63. The molecule has 0 radical (unpaired) electrons. The van der Waals surface area contributed by atoms with Crippen molar-refractivity contribution < 1.29 is 0 Å². The van der Waals surface area contributed by atoms with Crippen LogP contribution in [0.25, 0.3) is 11.4 Å². The third-order valence-corrected chi connectivity index (χ3v) is 2.63. The number of aryl methyl sites for hydroxylation is 1. The Kier molecular flexibility index (Phi) is 2.71. The molecule has 0 atom stereocenters. The first-order valence-corrected chi connectivity index (χ1v) is 5.39. The van der Waals surface area contributed by atoms with E-state index in [4.69, 9.17) is 5.73 Å². The van der Waals surface area contributed by atoms with Crippen molar-refractivity contribution in [1.82, 2.24) is 20.0 Å². The minimum atomic E-state index is -0.233. The van der Waals surface area contributed by atoms with E-state index in [1.165, 1.54) is 6.07 Å². The molecule has 90 valence electrons. The van der Waals surface area contributed by atoms with Gasteiger partial charge in [-0.3, -0.25) is 9.48 Å². The van der Waals surface area contributed by atoms with Crippen LogP contribution in [0.5, 0.6) is 0 Å². The largest absolute Gasteiger partial charge is 0.384 e. The Bertz CT molecular complexity index is 576. The molecule has 2 rings (SSSR count). The van der Waals surface area contributed by atoms with Gasteiger partial charge in [-0.15, -0.1) is 0 Å². The first-order valence-electron chi connectivity index (χ1n) is 5.39. The number of nitrogen functional groups attached to an aromatic ring is 1. The lowest BCUT2D eigenvalue weighted by Gasteiger charge is -2.06. The predicted molar refractivity (Wildman–Crippen MR) is 65.6 cm³/mol. The maximum Gasteiger partial charge on any atom is 0.264 e. The van der Waals surface area contributed by atoms with Crippen molar-refractivity contribution in [3.63, 3.8) is 0 Å². The molecule has 0 aromatic carbocycles. The van der Waals surface area contributed by atoms with Gasteiger partial charge in [-0.05, 0) is 12.0 Å². The molecular formula is C11H15N5O. The van der Waals surface area contributed by atoms with Gasteiger partial charge in [0.2, 0.25) is 0 Å². The summed E-state index contributed by atoms with van der Waals surface area (Å²) in [6.45, 7) is 4.09. The van der Waals surface area contributed by atoms with Crippen LogP contribution >= 0.6 is 0 Å². The molecule has 0 spiro atoms. The topological polar surface area (TPSA) is 89.6 Å². The van der Waals surface area contributed by atoms with Gasteiger partial charge in [0.05, 0.1) is 0 Å². The van der Waals surface area contributed by atoms with Gasteiger partial charge in [-0.2, -0.15) is 10.2 Å². The van der Waals surface area contributed by atoms with Crippen LogP contribution in [0.2, 0.25) is 0 Å². The van der Waals surface area contributed by atoms with Crippen LogP contribution < -0.4 is 11.3 Å². The van der Waals surface area contributed by atoms with E-state index in [2.05, 4.69) is 15.3 Å². The highest BCUT2D eigenvalue weighted by atomic mass is 16.1. The molecule has 0 saturated carbocycles. The standard InChI is InChI=1S/C11H15N5O/c1-6(2)9-10(15-16(3)11(9)12)7-4-5-8(17)14-13-7/h4-6H,12H2,1-3H3,(H,14,17). The van der Waals surface area contributed by atoms with Gasteiger partial charge in [0.25, 0.3) is 5.56 Å². The predicted octanol–water partition coefficient (Wildman–Crippen LogP) is 0.876. The van der Waals surface area contributed by atoms with Gasteiger partial charge < -0.3 is 5.73 Å². The molecule has 0 saturated heterocycles. The molecule has 6 heteroatoms. The quantitative estimate of drug-likeness (QED) is 0.805. The Morgan fingerprint density at radius 2 is 2.12 bits per heavy atom. The average molecular weight is 233 g/mol. The van der Waals surface area contributed by atoms with Gasteiger partial charge in [-0.25, -0.2) is 5.10 Å². The summed E-state index contributed by atoms with van der Waals surface area (Å²) in [6.07, 6.45) is 0. The first kappa shape index (κ1) is 11.4. The lowest BCUT2D eigenvalue weighted by Crippen LogP contribution is -2.06. The number of hydrogen-bond acceptors (Lipinski definition) is 4. The van der Waals surface area contributed by atoms with Crippen LogP contribution in [0, 0.1) is 0 Å². The Balaban J connectivity index is 2.63. The fourth-order valence-electron chi connectivity index (χ4n) is 1.79. The lowest BCUT2D eigenvalue weighted by molar-refractivity contribution is 0.778. The second-order valence-electron chi connectivity index (χ2n) is 4.23. The second kappa shape index (κ2) is 4.04. The molecule has 0 unspecified atom stereocenters. The smallest absolute Gasteiger partial charge is 0.264 e. The number of nitrogens with two attached hydrogens (primary N) is 1. The van der Waals surface area contributed by atoms with Crippen molar-refractivity contribution in [1.29, 1.82) is 0 Å². The normalized spacial score (nSPS) is 11.1. The number of H-pyrrole nitrogens is 1. The van der Waals surface area contributed by atoms with E-state index in [1.807, 2.05) is 13.8 Å². The van der Waals surface area contributed by atoms with Crippen LogP contribution in [0.1, 0.15) is 25.3 Å². The minimum absolute atomic E-state index is 0.233. The summed E-state index contributed by atoms with van der Waals surface area (Å²) in [5.41, 5.74) is 8.03. The summed E-state index contributed by atoms with van der Waals surface area (Å²) < 4.78 is 1.62. The minimum Gasteiger partial charge on any atom is -0.384 e. The molecule has 0 fully saturated rings. The van der Waals surface area contributed by atoms with E-state index in [0.717, 1.165) is 11.3 Å². The highest BCUT2D eigenvalue weighted by Gasteiger charge is 2.19. The SMILES string of the molecule is CC(C)c1c(-c2ccc(=O)[nH]n2)nn(C)c1N. The van der Waals surface area contributed by atoms with Crippen LogP contribution in [-0.2, 0) is 7.05 Å². The first-order chi connectivity index (χ1) is 8.00. The summed E-state index contributed by atoms with van der Waals surface area (Å²) >= 11 is 0. The van der Waals surface area contributed by atoms with Crippen LogP contribution in [0.15, 0.2) is 16.9 Å². The summed E-state index contributed by atoms with van der Waals surface area (Å²) in [4.78, 5) is 11.0. The summed E-state index contributed by atoms with van der Waals surface area (Å²) in [7, 11) is 1.79. The Morgan fingerprint density at radius 3 is 2.65 bits per heavy atom. The van der Waals surface area contributed by atoms with Crippen LogP contribution in [0.3, 0.4) is 0 Å². The van der Waals surface area contributed by atoms with Crippen molar-refractivity contribution in [2.45, 2.75) is 19.8 Å². The molecule has 2 aromatic rings. The molecule has 0 amide bonds. The molecule has 0 bridgehead atoms. The molecular weight excluding hydrogens is 218 g/mol. The maximum atomic E-state index is 11.0. The van der Waals surface area contributed by atoms with Crippen molar-refractivity contribution in [3.05, 3.63) is 28.0 Å². The third kappa shape index (κ3) is 1.93. The van der Waals surface area contributed by atoms with Gasteiger partial charge in [0.15, 0.2) is 0 Å². The zero-order valence-electron chi connectivity index (χ0n) is 10.1. The summed E-state index contributed by atoms with van der Waals surface area (Å²) in [5, 5.41) is 10.7. The average Bonchev–Trinajstić information content (AvgIpc) is 2.56. The van der Waals surface area contributed by atoms with Crippen molar-refractivity contribution in [2.24, 2.45) is 7.05 Å². The molecule has 6 nitrogen and oxygen atoms in total. The fourth-order valence-corrected chi connectivity index (χ4v) is 1.79. The molecule has 0 aliphatic rings. The fraction of sp³-hybridized carbons (Fsp3) is 0.364. The zero-order chi connectivity index (χ0) is 12.6. The highest BCUT2D eigenvalue weighted by molar-refractivity contribution is 5.65. The summed E-state index contributed by atoms with van der Waals surface area (Å²) in [6, 6.07) is 3.07. The maximum absolute atomic E-state index is 11.0. The Morgan fingerprint density at radius 1 is 1.41 bits per heavy atom. The van der Waals surface area contributed by atoms with E-state index < -0.39 is 0 Å². The van der Waals surface area contributed by atoms with Crippen LogP contribution in [0.4, 0.5) is 5.82 Å². The van der Waals surface area contributed by atoms with Gasteiger partial charge in [0, 0.05) is 18.7 Å². The Labute approximate surface area is 98.5 Å². The number of anilines is 1. The van der Waals surface area contributed by atoms with E-state index in [1.54, 1.807) is 17.8 Å². The summed E-state index contributed by atoms with van der Waals surface area (Å²) in [5.74, 6) is 0.871. The molecule has 17 heavy (non-hydrogen) atoms. The monoisotopic (exact) mass is 233 g/mol. The van der Waals surface area contributed by atoms with Gasteiger partial charge >= 0.3 is 0 Å². The number of hydrogen-bond donors (Lipinski definition) is 2. The molecule has 0 aliphatic carbocycles. The highest BCUT2D eigenvalue weighted by Crippen LogP contribution is 2.30. The second-order valence-corrected chi connectivity index (χ2v) is 4.23. The van der Waals surface area contributed by atoms with Crippen molar-refractivity contribution in [3.8, 4) is 11.4 Å². The Hall–Kier alpha value is -2.11. The van der Waals surface area contributed by atoms with Crippen molar-refractivity contribution in [2.75, 3.05) is 5.73 Å². The van der Waals surface area contributed by atoms with Crippen LogP contribution in [-0.4, -0.2) is 20.0 Å². The van der Waals surface area contributed by atoms with E-state index >= 15 is 0 Å².